The van der Waals surface area contributed by atoms with Gasteiger partial charge in [-0.2, -0.15) is 0 Å². The molecule has 0 radical (unpaired) electrons. The van der Waals surface area contributed by atoms with Crippen LogP contribution in [0.15, 0.2) is 24.3 Å². The fourth-order valence-electron chi connectivity index (χ4n) is 1.99. The van der Waals surface area contributed by atoms with E-state index >= 15 is 0 Å². The molecule has 1 aliphatic carbocycles. The number of hydrogen-bond acceptors (Lipinski definition) is 0. The van der Waals surface area contributed by atoms with Crippen molar-refractivity contribution >= 4 is 6.08 Å². The number of benzene rings is 1. The molecule has 2 rings (SSSR count). The monoisotopic (exact) mass is 172 g/mol. The van der Waals surface area contributed by atoms with Crippen molar-refractivity contribution in [3.63, 3.8) is 0 Å². The second-order valence-corrected chi connectivity index (χ2v) is 4.19. The van der Waals surface area contributed by atoms with Crippen LogP contribution in [-0.2, 0) is 12.8 Å². The zero-order valence-electron chi connectivity index (χ0n) is 8.38. The first-order chi connectivity index (χ1) is 6.27. The van der Waals surface area contributed by atoms with E-state index in [-0.39, 0.29) is 0 Å². The standard InChI is InChI=1S/C13H16/c1-10(2)9-12-7-3-5-11-6-4-8-13(11)12/h3-7,10H,8-9H2,1-2H3. The van der Waals surface area contributed by atoms with Gasteiger partial charge in [0.2, 0.25) is 0 Å². The quantitative estimate of drug-likeness (QED) is 0.641. The largest absolute Gasteiger partial charge is 0.0795 e. The molecule has 0 unspecified atom stereocenters. The van der Waals surface area contributed by atoms with Crippen molar-refractivity contribution in [3.05, 3.63) is 41.0 Å². The molecule has 0 saturated carbocycles. The van der Waals surface area contributed by atoms with Crippen molar-refractivity contribution in [2.45, 2.75) is 26.7 Å². The topological polar surface area (TPSA) is 0 Å². The van der Waals surface area contributed by atoms with Gasteiger partial charge in [0.15, 0.2) is 0 Å². The molecular formula is C13H16. The minimum atomic E-state index is 0.757. The maximum absolute atomic E-state index is 2.28. The Morgan fingerprint density at radius 2 is 2.15 bits per heavy atom. The lowest BCUT2D eigenvalue weighted by atomic mass is 9.95. The number of rotatable bonds is 2. The first kappa shape index (κ1) is 8.55. The summed E-state index contributed by atoms with van der Waals surface area (Å²) in [5.74, 6) is 0.757. The average Bonchev–Trinajstić information content (AvgIpc) is 2.51. The highest BCUT2D eigenvalue weighted by Gasteiger charge is 2.10. The van der Waals surface area contributed by atoms with Gasteiger partial charge in [0.05, 0.1) is 0 Å². The van der Waals surface area contributed by atoms with Crippen LogP contribution < -0.4 is 0 Å². The molecule has 0 N–H and O–H groups in total. The first-order valence-electron chi connectivity index (χ1n) is 5.04. The lowest BCUT2D eigenvalue weighted by Crippen LogP contribution is -1.98. The van der Waals surface area contributed by atoms with E-state index in [1.165, 1.54) is 17.5 Å². The van der Waals surface area contributed by atoms with Crippen LogP contribution in [0.3, 0.4) is 0 Å². The van der Waals surface area contributed by atoms with E-state index < -0.39 is 0 Å². The second-order valence-electron chi connectivity index (χ2n) is 4.19. The molecule has 0 heteroatoms. The number of hydrogen-bond donors (Lipinski definition) is 0. The van der Waals surface area contributed by atoms with E-state index in [1.54, 1.807) is 5.56 Å². The van der Waals surface area contributed by atoms with Crippen molar-refractivity contribution < 1.29 is 0 Å². The molecule has 0 nitrogen and oxygen atoms in total. The highest BCUT2D eigenvalue weighted by atomic mass is 14.1. The summed E-state index contributed by atoms with van der Waals surface area (Å²) in [4.78, 5) is 0. The van der Waals surface area contributed by atoms with E-state index in [4.69, 9.17) is 0 Å². The summed E-state index contributed by atoms with van der Waals surface area (Å²) in [7, 11) is 0. The van der Waals surface area contributed by atoms with Gasteiger partial charge in [0.1, 0.15) is 0 Å². The lowest BCUT2D eigenvalue weighted by Gasteiger charge is -2.10. The third-order valence-electron chi connectivity index (χ3n) is 2.56. The Morgan fingerprint density at radius 3 is 2.92 bits per heavy atom. The molecule has 13 heavy (non-hydrogen) atoms. The van der Waals surface area contributed by atoms with Crippen molar-refractivity contribution in [1.82, 2.24) is 0 Å². The van der Waals surface area contributed by atoms with Crippen LogP contribution in [0.4, 0.5) is 0 Å². The Labute approximate surface area is 80.3 Å². The molecule has 0 aromatic heterocycles. The Hall–Kier alpha value is -1.04. The Balaban J connectivity index is 2.33. The Morgan fingerprint density at radius 1 is 1.31 bits per heavy atom. The molecule has 0 bridgehead atoms. The van der Waals surface area contributed by atoms with E-state index in [1.807, 2.05) is 0 Å². The van der Waals surface area contributed by atoms with E-state index in [0.29, 0.717) is 0 Å². The molecule has 1 aromatic carbocycles. The maximum atomic E-state index is 2.28. The molecule has 0 spiro atoms. The molecule has 0 heterocycles. The highest BCUT2D eigenvalue weighted by molar-refractivity contribution is 5.61. The molecule has 0 aliphatic heterocycles. The summed E-state index contributed by atoms with van der Waals surface area (Å²) in [5.41, 5.74) is 4.52. The van der Waals surface area contributed by atoms with Crippen LogP contribution in [0, 0.1) is 5.92 Å². The number of allylic oxidation sites excluding steroid dienone is 1. The van der Waals surface area contributed by atoms with Gasteiger partial charge in [0.25, 0.3) is 0 Å². The normalized spacial score (nSPS) is 13.8. The van der Waals surface area contributed by atoms with Crippen molar-refractivity contribution in [2.75, 3.05) is 0 Å². The molecule has 0 atom stereocenters. The van der Waals surface area contributed by atoms with Crippen LogP contribution in [-0.4, -0.2) is 0 Å². The van der Waals surface area contributed by atoms with Gasteiger partial charge < -0.3 is 0 Å². The molecular weight excluding hydrogens is 156 g/mol. The zero-order chi connectivity index (χ0) is 9.26. The van der Waals surface area contributed by atoms with Gasteiger partial charge in [-0.15, -0.1) is 0 Å². The molecule has 0 amide bonds. The fraction of sp³-hybridized carbons (Fsp3) is 0.385. The van der Waals surface area contributed by atoms with Crippen LogP contribution in [0.1, 0.15) is 30.5 Å². The molecule has 0 saturated heterocycles. The van der Waals surface area contributed by atoms with Gasteiger partial charge in [0, 0.05) is 0 Å². The summed E-state index contributed by atoms with van der Waals surface area (Å²) in [5, 5.41) is 0. The van der Waals surface area contributed by atoms with E-state index in [2.05, 4.69) is 44.2 Å². The third-order valence-corrected chi connectivity index (χ3v) is 2.56. The maximum Gasteiger partial charge on any atom is -0.00854 e. The summed E-state index contributed by atoms with van der Waals surface area (Å²) < 4.78 is 0. The average molecular weight is 172 g/mol. The van der Waals surface area contributed by atoms with Crippen molar-refractivity contribution in [2.24, 2.45) is 5.92 Å². The van der Waals surface area contributed by atoms with Gasteiger partial charge in [-0.3, -0.25) is 0 Å². The molecule has 1 aromatic rings. The van der Waals surface area contributed by atoms with Crippen LogP contribution in [0.2, 0.25) is 0 Å². The molecule has 1 aliphatic rings. The van der Waals surface area contributed by atoms with Gasteiger partial charge in [-0.05, 0) is 35.4 Å². The van der Waals surface area contributed by atoms with Crippen LogP contribution in [0.5, 0.6) is 0 Å². The summed E-state index contributed by atoms with van der Waals surface area (Å²) in [6.45, 7) is 4.56. The zero-order valence-corrected chi connectivity index (χ0v) is 8.38. The SMILES string of the molecule is CC(C)Cc1cccc2c1CC=C2. The van der Waals surface area contributed by atoms with Crippen molar-refractivity contribution in [3.8, 4) is 0 Å². The highest BCUT2D eigenvalue weighted by Crippen LogP contribution is 2.24. The summed E-state index contributed by atoms with van der Waals surface area (Å²) >= 11 is 0. The molecule has 68 valence electrons. The smallest absolute Gasteiger partial charge is 0.00854 e. The van der Waals surface area contributed by atoms with Crippen molar-refractivity contribution in [1.29, 1.82) is 0 Å². The fourth-order valence-corrected chi connectivity index (χ4v) is 1.99. The first-order valence-corrected chi connectivity index (χ1v) is 5.04. The van der Waals surface area contributed by atoms with E-state index in [9.17, 15) is 0 Å². The predicted molar refractivity (Wildman–Crippen MR) is 57.7 cm³/mol. The van der Waals surface area contributed by atoms with E-state index in [0.717, 1.165) is 12.3 Å². The minimum Gasteiger partial charge on any atom is -0.0795 e. The number of fused-ring (bicyclic) bond motifs is 1. The Bertz CT molecular complexity index is 332. The van der Waals surface area contributed by atoms with Crippen LogP contribution in [0.25, 0.3) is 6.08 Å². The van der Waals surface area contributed by atoms with Gasteiger partial charge in [-0.1, -0.05) is 44.2 Å². The Kier molecular flexibility index (Phi) is 2.22. The van der Waals surface area contributed by atoms with Crippen LogP contribution >= 0.6 is 0 Å². The lowest BCUT2D eigenvalue weighted by molar-refractivity contribution is 0.644. The summed E-state index contributed by atoms with van der Waals surface area (Å²) in [6, 6.07) is 6.65. The summed E-state index contributed by atoms with van der Waals surface area (Å²) in [6.07, 6.45) is 6.84. The predicted octanol–water partition coefficient (Wildman–Crippen LogP) is 3.45. The van der Waals surface area contributed by atoms with Gasteiger partial charge in [-0.25, -0.2) is 0 Å². The molecule has 0 fully saturated rings. The minimum absolute atomic E-state index is 0.757. The third kappa shape index (κ3) is 1.67. The second kappa shape index (κ2) is 3.37. The van der Waals surface area contributed by atoms with Gasteiger partial charge >= 0.3 is 0 Å².